The fourth-order valence-electron chi connectivity index (χ4n) is 3.96. The van der Waals surface area contributed by atoms with Gasteiger partial charge in [-0.25, -0.2) is 24.7 Å². The Morgan fingerprint density at radius 3 is 2.26 bits per heavy atom. The predicted octanol–water partition coefficient (Wildman–Crippen LogP) is 4.16. The molecule has 4 aromatic rings. The maximum Gasteiger partial charge on any atom is 0.285 e. The van der Waals surface area contributed by atoms with E-state index in [1.807, 2.05) is 50.6 Å². The number of nitrogens with zero attached hydrogens (tertiary/aromatic N) is 4. The van der Waals surface area contributed by atoms with E-state index in [1.165, 1.54) is 19.4 Å². The summed E-state index contributed by atoms with van der Waals surface area (Å²) in [5, 5.41) is -0.564. The summed E-state index contributed by atoms with van der Waals surface area (Å²) < 4.78 is 39.1. The van der Waals surface area contributed by atoms with Crippen molar-refractivity contribution < 1.29 is 25.5 Å². The minimum Gasteiger partial charge on any atom is -0.481 e. The number of amides is 1. The molecule has 12 heteroatoms. The number of carbonyl (C=O) groups excluding carboxylic acids is 1. The molecule has 11 nitrogen and oxygen atoms in total. The number of carbonyl (C=O) groups is 1. The molecule has 0 atom stereocenters. The molecule has 0 spiro atoms. The highest BCUT2D eigenvalue weighted by molar-refractivity contribution is 7.90. The van der Waals surface area contributed by atoms with Gasteiger partial charge in [-0.1, -0.05) is 17.7 Å². The van der Waals surface area contributed by atoms with Gasteiger partial charge in [-0.2, -0.15) is 8.42 Å². The summed E-state index contributed by atoms with van der Waals surface area (Å²) in [5.41, 5.74) is 10.1. The Bertz CT molecular complexity index is 1640. The second-order valence-corrected chi connectivity index (χ2v) is 10.2. The summed E-state index contributed by atoms with van der Waals surface area (Å²) in [6.45, 7) is 7.55. The molecule has 0 fully saturated rings. The normalized spacial score (nSPS) is 11.2. The Morgan fingerprint density at radius 1 is 0.947 bits per heavy atom. The third-order valence-electron chi connectivity index (χ3n) is 5.60. The number of nitrogens with two attached hydrogens (primary N) is 1. The fraction of sp³-hybridized carbons (Fsp3) is 0.192. The third kappa shape index (κ3) is 5.39. The van der Waals surface area contributed by atoms with Crippen LogP contribution in [-0.2, 0) is 10.0 Å². The van der Waals surface area contributed by atoms with Gasteiger partial charge in [0.1, 0.15) is 11.3 Å². The van der Waals surface area contributed by atoms with Gasteiger partial charge >= 0.3 is 0 Å². The molecule has 3 aromatic heterocycles. The highest BCUT2D eigenvalue weighted by atomic mass is 32.2. The Balaban J connectivity index is 0.00000280. The van der Waals surface area contributed by atoms with Gasteiger partial charge in [0.05, 0.1) is 12.8 Å². The van der Waals surface area contributed by atoms with Crippen LogP contribution in [0.3, 0.4) is 0 Å². The summed E-state index contributed by atoms with van der Waals surface area (Å²) in [6.07, 6.45) is 3.99. The van der Waals surface area contributed by atoms with E-state index in [1.54, 1.807) is 12.3 Å². The summed E-state index contributed by atoms with van der Waals surface area (Å²) in [7, 11) is -2.90. The molecule has 38 heavy (non-hydrogen) atoms. The van der Waals surface area contributed by atoms with Crippen molar-refractivity contribution in [3.8, 4) is 28.8 Å². The van der Waals surface area contributed by atoms with Crippen LogP contribution in [0.5, 0.6) is 17.5 Å². The molecule has 0 aliphatic heterocycles. The van der Waals surface area contributed by atoms with E-state index in [2.05, 4.69) is 19.9 Å². The van der Waals surface area contributed by atoms with Crippen LogP contribution in [0.15, 0.2) is 53.9 Å². The van der Waals surface area contributed by atoms with Gasteiger partial charge in [-0.3, -0.25) is 4.79 Å². The highest BCUT2D eigenvalue weighted by Crippen LogP contribution is 2.33. The Morgan fingerprint density at radius 2 is 1.63 bits per heavy atom. The zero-order chi connectivity index (χ0) is 27.6. The van der Waals surface area contributed by atoms with Crippen molar-refractivity contribution in [1.82, 2.24) is 24.7 Å². The minimum absolute atomic E-state index is 0. The smallest absolute Gasteiger partial charge is 0.285 e. The number of hydrogen-bond acceptors (Lipinski definition) is 10. The molecule has 0 radical (unpaired) electrons. The Hall–Kier alpha value is -4.58. The number of nitrogens with one attached hydrogen (secondary N) is 1. The molecule has 4 rings (SSSR count). The lowest BCUT2D eigenvalue weighted by Gasteiger charge is -2.16. The van der Waals surface area contributed by atoms with Gasteiger partial charge < -0.3 is 15.2 Å². The molecule has 0 saturated carbocycles. The predicted molar refractivity (Wildman–Crippen MR) is 145 cm³/mol. The first-order chi connectivity index (χ1) is 18.0. The first-order valence-corrected chi connectivity index (χ1v) is 12.9. The van der Waals surface area contributed by atoms with Crippen molar-refractivity contribution in [3.63, 3.8) is 0 Å². The average molecular weight is 539 g/mol. The molecule has 0 aliphatic carbocycles. The van der Waals surface area contributed by atoms with Crippen molar-refractivity contribution >= 4 is 21.7 Å². The summed E-state index contributed by atoms with van der Waals surface area (Å²) in [6, 6.07) is 8.71. The van der Waals surface area contributed by atoms with Crippen molar-refractivity contribution in [2.75, 3.05) is 12.8 Å². The molecule has 0 aliphatic rings. The quantitative estimate of drug-likeness (QED) is 0.350. The van der Waals surface area contributed by atoms with E-state index >= 15 is 0 Å². The zero-order valence-corrected chi connectivity index (χ0v) is 22.3. The van der Waals surface area contributed by atoms with Gasteiger partial charge in [0.25, 0.3) is 15.9 Å². The van der Waals surface area contributed by atoms with E-state index in [0.717, 1.165) is 28.5 Å². The van der Waals surface area contributed by atoms with E-state index < -0.39 is 21.0 Å². The minimum atomic E-state index is -4.43. The number of hydrogen-bond donors (Lipinski definition) is 2. The van der Waals surface area contributed by atoms with E-state index in [-0.39, 0.29) is 20.1 Å². The maximum atomic E-state index is 13.2. The van der Waals surface area contributed by atoms with Gasteiger partial charge in [-0.05, 0) is 57.0 Å². The molecule has 0 unspecified atom stereocenters. The zero-order valence-electron chi connectivity index (χ0n) is 21.4. The molecular formula is C26H30N6O5S. The van der Waals surface area contributed by atoms with Crippen LogP contribution in [0.4, 0.5) is 5.82 Å². The monoisotopic (exact) mass is 538 g/mol. The number of benzene rings is 1. The summed E-state index contributed by atoms with van der Waals surface area (Å²) in [4.78, 5) is 29.6. The first-order valence-electron chi connectivity index (χ1n) is 11.4. The number of ether oxygens (including phenoxy) is 2. The van der Waals surface area contributed by atoms with Crippen molar-refractivity contribution in [3.05, 3.63) is 76.7 Å². The second kappa shape index (κ2) is 10.4. The summed E-state index contributed by atoms with van der Waals surface area (Å²) >= 11 is 0. The number of aryl methyl sites for hydroxylation is 4. The molecule has 0 saturated heterocycles. The standard InChI is InChI=1S/C26H26N6O5S.2H2/c1-14-10-15(2)21(16(3)11-14)37-25-19(23(33)32-38(34,35)26-22(27)28-8-9-29-26)6-7-20(31-25)18-12-17(4)24(36-5)30-13-18;;/h6-13H,1-5H3,(H2,27,28)(H,32,33);2*1H. The maximum absolute atomic E-state index is 13.2. The lowest BCUT2D eigenvalue weighted by Crippen LogP contribution is -2.32. The van der Waals surface area contributed by atoms with Gasteiger partial charge in [-0.15, -0.1) is 0 Å². The SMILES string of the molecule is COc1ncc(-c2ccc(C(=O)NS(=O)(=O)c3nccnc3N)c(Oc3c(C)cc(C)cc3C)n2)cc1C.[HH].[HH]. The van der Waals surface area contributed by atoms with Crippen molar-refractivity contribution in [2.24, 2.45) is 0 Å². The number of pyridine rings is 2. The number of rotatable bonds is 7. The number of anilines is 1. The lowest BCUT2D eigenvalue weighted by molar-refractivity contribution is 0.0978. The van der Waals surface area contributed by atoms with Crippen LogP contribution in [0.1, 0.15) is 35.5 Å². The van der Waals surface area contributed by atoms with Gasteiger partial charge in [0.2, 0.25) is 16.8 Å². The molecule has 1 amide bonds. The molecule has 3 N–H and O–H groups in total. The topological polar surface area (TPSA) is 159 Å². The van der Waals surface area contributed by atoms with Crippen LogP contribution in [0.25, 0.3) is 11.3 Å². The number of aromatic nitrogens is 4. The lowest BCUT2D eigenvalue weighted by atomic mass is 10.1. The fourth-order valence-corrected chi connectivity index (χ4v) is 4.94. The number of sulfonamides is 1. The molecule has 3 heterocycles. The van der Waals surface area contributed by atoms with Crippen molar-refractivity contribution in [2.45, 2.75) is 32.7 Å². The van der Waals surface area contributed by atoms with Crippen LogP contribution in [0.2, 0.25) is 0 Å². The van der Waals surface area contributed by atoms with Crippen LogP contribution >= 0.6 is 0 Å². The molecule has 0 bridgehead atoms. The van der Waals surface area contributed by atoms with E-state index in [0.29, 0.717) is 22.9 Å². The van der Waals surface area contributed by atoms with Crippen LogP contribution in [0, 0.1) is 27.7 Å². The molecular weight excluding hydrogens is 508 g/mol. The summed E-state index contributed by atoms with van der Waals surface area (Å²) in [5.74, 6) is -0.438. The van der Waals surface area contributed by atoms with Gasteiger partial charge in [0.15, 0.2) is 5.82 Å². The average Bonchev–Trinajstić information content (AvgIpc) is 2.85. The molecule has 1 aromatic carbocycles. The highest BCUT2D eigenvalue weighted by Gasteiger charge is 2.26. The van der Waals surface area contributed by atoms with Crippen LogP contribution < -0.4 is 19.9 Å². The van der Waals surface area contributed by atoms with Gasteiger partial charge in [0, 0.05) is 32.6 Å². The van der Waals surface area contributed by atoms with Crippen LogP contribution in [-0.4, -0.2) is 41.4 Å². The second-order valence-electron chi connectivity index (χ2n) is 8.61. The molecule has 200 valence electrons. The Kier molecular flexibility index (Phi) is 7.26. The van der Waals surface area contributed by atoms with E-state index in [9.17, 15) is 13.2 Å². The number of methoxy groups -OCH3 is 1. The Labute approximate surface area is 223 Å². The number of nitrogen functional groups attached to an aromatic ring is 1. The third-order valence-corrected chi connectivity index (χ3v) is 6.88. The van der Waals surface area contributed by atoms with E-state index in [4.69, 9.17) is 15.2 Å². The largest absolute Gasteiger partial charge is 0.481 e. The van der Waals surface area contributed by atoms with Crippen molar-refractivity contribution in [1.29, 1.82) is 0 Å². The first kappa shape index (κ1) is 26.5.